The lowest BCUT2D eigenvalue weighted by Crippen LogP contribution is -2.33. The third-order valence-electron chi connectivity index (χ3n) is 6.00. The van der Waals surface area contributed by atoms with Gasteiger partial charge in [0.15, 0.2) is 0 Å². The normalized spacial score (nSPS) is 16.6. The number of rotatable bonds is 7. The summed E-state index contributed by atoms with van der Waals surface area (Å²) in [6.07, 6.45) is 7.60. The van der Waals surface area contributed by atoms with Crippen LogP contribution in [0.15, 0.2) is 30.5 Å². The van der Waals surface area contributed by atoms with Crippen LogP contribution in [0.4, 0.5) is 0 Å². The van der Waals surface area contributed by atoms with Gasteiger partial charge >= 0.3 is 0 Å². The van der Waals surface area contributed by atoms with Gasteiger partial charge in [0.1, 0.15) is 21.5 Å². The largest absolute Gasteiger partial charge is 0.341 e. The monoisotopic (exact) mass is 373 g/mol. The zero-order chi connectivity index (χ0) is 19.5. The van der Waals surface area contributed by atoms with Crippen LogP contribution in [0.3, 0.4) is 0 Å². The molecule has 0 fully saturated rings. The quantitative estimate of drug-likeness (QED) is 0.455. The first-order valence-corrected chi connectivity index (χ1v) is 10.5. The lowest BCUT2D eigenvalue weighted by Gasteiger charge is -2.34. The average Bonchev–Trinajstić information content (AvgIpc) is 3.08. The van der Waals surface area contributed by atoms with Crippen LogP contribution >= 0.6 is 0 Å². The molecule has 0 bridgehead atoms. The Morgan fingerprint density at radius 3 is 2.93 bits per heavy atom. The van der Waals surface area contributed by atoms with Gasteiger partial charge in [-0.05, 0) is 69.0 Å². The summed E-state index contributed by atoms with van der Waals surface area (Å²) >= 11 is 0. The van der Waals surface area contributed by atoms with Crippen molar-refractivity contribution in [3.63, 3.8) is 0 Å². The van der Waals surface area contributed by atoms with Gasteiger partial charge in [-0.1, -0.05) is 17.0 Å². The van der Waals surface area contributed by atoms with E-state index < -0.39 is 0 Å². The molecule has 3 aromatic rings. The molecule has 1 aliphatic carbocycles. The highest BCUT2D eigenvalue weighted by Gasteiger charge is 2.27. The molecule has 4 rings (SSSR count). The number of unbranched alkanes of at least 4 members (excludes halogenated alkanes) is 1. The number of aromatic amines is 1. The number of aryl methyl sites for hydroxylation is 1. The number of nitrogens with one attached hydrogen (secondary N) is 1. The highest BCUT2D eigenvalue weighted by atomic mass is 15.2. The van der Waals surface area contributed by atoms with Crippen LogP contribution in [-0.2, 0) is 13.0 Å². The maximum Gasteiger partial charge on any atom is 0.138 e. The molecule has 144 valence electrons. The van der Waals surface area contributed by atoms with E-state index in [9.17, 15) is 0 Å². The molecule has 2 heterocycles. The molecular weight excluding hydrogens is 344 g/mol. The first kappa shape index (κ1) is 19.2. The molecule has 1 aromatic carbocycles. The van der Waals surface area contributed by atoms with Gasteiger partial charge in [0.25, 0.3) is 0 Å². The van der Waals surface area contributed by atoms with E-state index in [2.05, 4.69) is 49.8 Å². The molecule has 0 aliphatic heterocycles. The number of H-pyrrole nitrogens is 1. The van der Waals surface area contributed by atoms with Crippen LogP contribution in [0.2, 0.25) is 0 Å². The summed E-state index contributed by atoms with van der Waals surface area (Å²) in [5.74, 6) is 1.04. The van der Waals surface area contributed by atoms with Gasteiger partial charge in [-0.3, -0.25) is 9.88 Å². The molecule has 3 N–H and O–H groups in total. The molecule has 28 heavy (non-hydrogen) atoms. The summed E-state index contributed by atoms with van der Waals surface area (Å²) in [5.41, 5.74) is 13.2. The van der Waals surface area contributed by atoms with Crippen molar-refractivity contribution in [2.24, 2.45) is 5.73 Å². The fourth-order valence-electron chi connectivity index (χ4n) is 4.33. The van der Waals surface area contributed by atoms with Crippen LogP contribution in [-0.4, -0.2) is 48.6 Å². The molecule has 2 aromatic heterocycles. The maximum atomic E-state index is 5.75. The van der Waals surface area contributed by atoms with Crippen molar-refractivity contribution in [2.45, 2.75) is 44.7 Å². The second kappa shape index (κ2) is 8.50. The second-order valence-electron chi connectivity index (χ2n) is 8.06. The predicted octanol–water partition coefficient (Wildman–Crippen LogP) is 0.0932. The van der Waals surface area contributed by atoms with E-state index in [1.54, 1.807) is 0 Å². The van der Waals surface area contributed by atoms with Gasteiger partial charge in [0.05, 0.1) is 29.3 Å². The number of hydrogen-bond acceptors (Lipinski definition) is 4. The molecule has 1 aliphatic rings. The smallest absolute Gasteiger partial charge is 0.138 e. The van der Waals surface area contributed by atoms with E-state index in [1.807, 2.05) is 6.20 Å². The number of benzene rings is 1. The minimum Gasteiger partial charge on any atom is -0.341 e. The fourth-order valence-corrected chi connectivity index (χ4v) is 4.33. The summed E-state index contributed by atoms with van der Waals surface area (Å²) < 4.78 is 0. The van der Waals surface area contributed by atoms with Crippen LogP contribution in [0.25, 0.3) is 11.0 Å². The molecule has 7 heteroatoms. The average molecular weight is 373 g/mol. The van der Waals surface area contributed by atoms with Crippen molar-refractivity contribution in [2.75, 3.05) is 13.1 Å². The number of nitrogens with zero attached hydrogens (tertiary/aromatic N) is 3. The van der Waals surface area contributed by atoms with Gasteiger partial charge in [0, 0.05) is 6.20 Å². The number of pyridine rings is 1. The number of imidazole rings is 1. The van der Waals surface area contributed by atoms with Crippen molar-refractivity contribution in [3.05, 3.63) is 47.5 Å². The van der Waals surface area contributed by atoms with E-state index >= 15 is 0 Å². The zero-order valence-electron chi connectivity index (χ0n) is 17.0. The van der Waals surface area contributed by atoms with Crippen molar-refractivity contribution in [3.8, 4) is 0 Å². The maximum absolute atomic E-state index is 5.75. The third kappa shape index (κ3) is 4.01. The van der Waals surface area contributed by atoms with E-state index in [0.29, 0.717) is 6.04 Å². The first-order valence-electron chi connectivity index (χ1n) is 10.5. The topological polar surface area (TPSA) is 70.8 Å². The molecule has 1 atom stereocenters. The molecule has 5 nitrogen and oxygen atoms in total. The number of hydrogen-bond donors (Lipinski definition) is 2. The summed E-state index contributed by atoms with van der Waals surface area (Å²) in [5, 5.41) is 0. The SMILES string of the molecule is Bc1cc2nc(CN(CCCCN)[C@H]3CCCc4cccnc43)[nH]c2cc1B. The Morgan fingerprint density at radius 1 is 1.21 bits per heavy atom. The van der Waals surface area contributed by atoms with E-state index in [4.69, 9.17) is 15.7 Å². The Morgan fingerprint density at radius 2 is 2.07 bits per heavy atom. The minimum atomic E-state index is 0.361. The summed E-state index contributed by atoms with van der Waals surface area (Å²) in [6, 6.07) is 9.04. The Balaban J connectivity index is 1.62. The fraction of sp³-hybridized carbons (Fsp3) is 0.429. The highest BCUT2D eigenvalue weighted by molar-refractivity contribution is 6.49. The van der Waals surface area contributed by atoms with Crippen LogP contribution in [0.1, 0.15) is 48.8 Å². The molecule has 0 spiro atoms. The van der Waals surface area contributed by atoms with Crippen LogP contribution in [0.5, 0.6) is 0 Å². The first-order chi connectivity index (χ1) is 13.7. The van der Waals surface area contributed by atoms with Gasteiger partial charge in [-0.15, -0.1) is 0 Å². The molecule has 0 amide bonds. The number of aromatic nitrogens is 3. The lowest BCUT2D eigenvalue weighted by atomic mass is 9.80. The van der Waals surface area contributed by atoms with E-state index in [-0.39, 0.29) is 0 Å². The molecule has 0 saturated carbocycles. The molecule has 0 radical (unpaired) electrons. The Kier molecular flexibility index (Phi) is 5.83. The van der Waals surface area contributed by atoms with Gasteiger partial charge in [-0.25, -0.2) is 4.98 Å². The third-order valence-corrected chi connectivity index (χ3v) is 6.00. The summed E-state index contributed by atoms with van der Waals surface area (Å²) in [4.78, 5) is 15.8. The zero-order valence-corrected chi connectivity index (χ0v) is 17.0. The summed E-state index contributed by atoms with van der Waals surface area (Å²) in [7, 11) is 4.30. The molecular formula is C21H29B2N5. The Labute approximate surface area is 169 Å². The van der Waals surface area contributed by atoms with Crippen molar-refractivity contribution < 1.29 is 0 Å². The van der Waals surface area contributed by atoms with Crippen LogP contribution in [0, 0.1) is 0 Å². The highest BCUT2D eigenvalue weighted by Crippen LogP contribution is 2.33. The van der Waals surface area contributed by atoms with E-state index in [1.165, 1.54) is 28.6 Å². The van der Waals surface area contributed by atoms with Gasteiger partial charge < -0.3 is 10.7 Å². The van der Waals surface area contributed by atoms with Crippen molar-refractivity contribution in [1.29, 1.82) is 0 Å². The minimum absolute atomic E-state index is 0.361. The molecule has 0 saturated heterocycles. The standard InChI is InChI=1S/C21H29B2N5/c22-15-11-17-18(12-16(15)23)27-20(26-17)13-28(10-2-1-8-24)19-7-3-5-14-6-4-9-25-21(14)19/h4,6,9,11-12,19H,1-3,5,7-8,10,13,22-24H2,(H,26,27)/t19-/m0/s1. The van der Waals surface area contributed by atoms with Crippen molar-refractivity contribution >= 4 is 37.7 Å². The van der Waals surface area contributed by atoms with Crippen molar-refractivity contribution in [1.82, 2.24) is 19.9 Å². The molecule has 0 unspecified atom stereocenters. The number of nitrogens with two attached hydrogens (primary N) is 1. The number of fused-ring (bicyclic) bond motifs is 2. The van der Waals surface area contributed by atoms with Gasteiger partial charge in [0.2, 0.25) is 0 Å². The Hall–Kier alpha value is -2.11. The van der Waals surface area contributed by atoms with E-state index in [0.717, 1.165) is 62.2 Å². The summed E-state index contributed by atoms with van der Waals surface area (Å²) in [6.45, 7) is 2.58. The second-order valence-corrected chi connectivity index (χ2v) is 8.06. The lowest BCUT2D eigenvalue weighted by molar-refractivity contribution is 0.159. The van der Waals surface area contributed by atoms with Crippen LogP contribution < -0.4 is 16.7 Å². The van der Waals surface area contributed by atoms with Gasteiger partial charge in [-0.2, -0.15) is 0 Å². The predicted molar refractivity (Wildman–Crippen MR) is 121 cm³/mol. The Bertz CT molecular complexity index is 916.